The van der Waals surface area contributed by atoms with Crippen LogP contribution in [0.25, 0.3) is 0 Å². The van der Waals surface area contributed by atoms with Crippen molar-refractivity contribution in [1.29, 1.82) is 0 Å². The number of nitro groups is 1. The average Bonchev–Trinajstić information content (AvgIpc) is 2.80. The molecule has 12 nitrogen and oxygen atoms in total. The van der Waals surface area contributed by atoms with Crippen molar-refractivity contribution in [3.05, 3.63) is 80.6 Å². The maximum Gasteiger partial charge on any atom is 0.356 e. The normalized spacial score (nSPS) is 10.1. The van der Waals surface area contributed by atoms with Gasteiger partial charge >= 0.3 is 5.69 Å². The van der Waals surface area contributed by atoms with Crippen molar-refractivity contribution in [2.24, 2.45) is 0 Å². The highest BCUT2D eigenvalue weighted by atomic mass is 79.9. The predicted octanol–water partition coefficient (Wildman–Crippen LogP) is 2.67. The van der Waals surface area contributed by atoms with Crippen molar-refractivity contribution in [3.63, 3.8) is 0 Å². The number of halogens is 1. The fourth-order valence-corrected chi connectivity index (χ4v) is 3.04. The predicted molar refractivity (Wildman–Crippen MR) is 118 cm³/mol. The van der Waals surface area contributed by atoms with Crippen LogP contribution in [0, 0.1) is 10.1 Å². The number of rotatable bonds is 8. The Bertz CT molecular complexity index is 1170. The van der Waals surface area contributed by atoms with Crippen LogP contribution in [0.2, 0.25) is 0 Å². The summed E-state index contributed by atoms with van der Waals surface area (Å²) in [7, 11) is 1.41. The number of para-hydroxylation sites is 1. The molecule has 0 saturated heterocycles. The first kappa shape index (κ1) is 22.4. The number of methoxy groups -OCH3 is 1. The first-order valence-electron chi connectivity index (χ1n) is 8.92. The topological polar surface area (TPSA) is 160 Å². The number of amides is 2. The van der Waals surface area contributed by atoms with Crippen molar-refractivity contribution in [2.75, 3.05) is 18.0 Å². The van der Waals surface area contributed by atoms with Gasteiger partial charge in [0.2, 0.25) is 11.6 Å². The molecule has 0 unspecified atom stereocenters. The highest BCUT2D eigenvalue weighted by Gasteiger charge is 2.24. The van der Waals surface area contributed by atoms with E-state index in [1.165, 1.54) is 13.2 Å². The standard InChI is InChI=1S/C19H16BrN7O5/c1-32-14-9-5-3-7-12(14)19(29)26-24-17-15(27(30)31)16(21-10-22-17)23-25-18(28)11-6-2-4-8-13(11)20/h2-10H,1H3,(H,25,28)(H,26,29)(H2,21,22,23,24). The lowest BCUT2D eigenvalue weighted by Gasteiger charge is -2.12. The molecule has 0 aliphatic heterocycles. The lowest BCUT2D eigenvalue weighted by Crippen LogP contribution is -2.32. The second kappa shape index (κ2) is 10.2. The molecule has 0 spiro atoms. The van der Waals surface area contributed by atoms with E-state index in [-0.39, 0.29) is 17.2 Å². The molecule has 0 saturated carbocycles. The quantitative estimate of drug-likeness (QED) is 0.268. The maximum absolute atomic E-state index is 12.4. The molecule has 0 fully saturated rings. The zero-order valence-corrected chi connectivity index (χ0v) is 18.0. The summed E-state index contributed by atoms with van der Waals surface area (Å²) < 4.78 is 5.66. The van der Waals surface area contributed by atoms with E-state index < -0.39 is 22.4 Å². The Balaban J connectivity index is 1.76. The number of ether oxygens (including phenoxy) is 1. The van der Waals surface area contributed by atoms with Gasteiger partial charge in [0.05, 0.1) is 23.2 Å². The van der Waals surface area contributed by atoms with Crippen molar-refractivity contribution >= 4 is 45.1 Å². The molecule has 2 aromatic carbocycles. The number of carbonyl (C=O) groups excluding carboxylic acids is 2. The van der Waals surface area contributed by atoms with E-state index in [2.05, 4.69) is 47.6 Å². The largest absolute Gasteiger partial charge is 0.496 e. The third kappa shape index (κ3) is 5.07. The van der Waals surface area contributed by atoms with Gasteiger partial charge in [0, 0.05) is 4.47 Å². The van der Waals surface area contributed by atoms with E-state index in [4.69, 9.17) is 4.74 Å². The average molecular weight is 502 g/mol. The Hall–Kier alpha value is -4.26. The van der Waals surface area contributed by atoms with Crippen LogP contribution in [0.3, 0.4) is 0 Å². The van der Waals surface area contributed by atoms with E-state index in [0.29, 0.717) is 15.8 Å². The minimum Gasteiger partial charge on any atom is -0.496 e. The molecule has 0 aliphatic rings. The molecule has 1 aromatic heterocycles. The highest BCUT2D eigenvalue weighted by Crippen LogP contribution is 2.28. The summed E-state index contributed by atoms with van der Waals surface area (Å²) in [5, 5.41) is 11.6. The summed E-state index contributed by atoms with van der Waals surface area (Å²) in [4.78, 5) is 43.2. The van der Waals surface area contributed by atoms with Gasteiger partial charge in [0.25, 0.3) is 11.8 Å². The minimum absolute atomic E-state index is 0.207. The van der Waals surface area contributed by atoms with E-state index >= 15 is 0 Å². The molecule has 1 heterocycles. The Morgan fingerprint density at radius 3 is 2.03 bits per heavy atom. The molecule has 0 aliphatic carbocycles. The van der Waals surface area contributed by atoms with Crippen LogP contribution in [0.15, 0.2) is 59.3 Å². The summed E-state index contributed by atoms with van der Waals surface area (Å²) in [6, 6.07) is 13.1. The van der Waals surface area contributed by atoms with E-state index in [9.17, 15) is 19.7 Å². The van der Waals surface area contributed by atoms with Gasteiger partial charge in [0.15, 0.2) is 0 Å². The van der Waals surface area contributed by atoms with Gasteiger partial charge < -0.3 is 4.74 Å². The van der Waals surface area contributed by atoms with Gasteiger partial charge in [-0.05, 0) is 40.2 Å². The Kier molecular flexibility index (Phi) is 7.13. The molecule has 3 aromatic rings. The molecule has 3 rings (SSSR count). The van der Waals surface area contributed by atoms with E-state index in [1.54, 1.807) is 42.5 Å². The molecule has 0 radical (unpaired) electrons. The zero-order chi connectivity index (χ0) is 23.1. The van der Waals surface area contributed by atoms with Gasteiger partial charge in [-0.15, -0.1) is 0 Å². The number of hydrogen-bond acceptors (Lipinski definition) is 9. The molecule has 32 heavy (non-hydrogen) atoms. The van der Waals surface area contributed by atoms with Crippen LogP contribution >= 0.6 is 15.9 Å². The number of hydrazine groups is 2. The molecule has 164 valence electrons. The zero-order valence-electron chi connectivity index (χ0n) is 16.5. The third-order valence-electron chi connectivity index (χ3n) is 4.06. The van der Waals surface area contributed by atoms with Crippen LogP contribution in [-0.4, -0.2) is 33.8 Å². The number of benzene rings is 2. The lowest BCUT2D eigenvalue weighted by molar-refractivity contribution is -0.383. The van der Waals surface area contributed by atoms with Crippen LogP contribution in [0.4, 0.5) is 17.3 Å². The molecule has 2 amide bonds. The fourth-order valence-electron chi connectivity index (χ4n) is 2.58. The Morgan fingerprint density at radius 2 is 1.47 bits per heavy atom. The van der Waals surface area contributed by atoms with Crippen molar-refractivity contribution < 1.29 is 19.2 Å². The minimum atomic E-state index is -0.759. The van der Waals surface area contributed by atoms with Crippen molar-refractivity contribution in [3.8, 4) is 5.75 Å². The summed E-state index contributed by atoms with van der Waals surface area (Å²) in [6.07, 6.45) is 1.03. The molecule has 13 heteroatoms. The van der Waals surface area contributed by atoms with Crippen LogP contribution in [-0.2, 0) is 0 Å². The van der Waals surface area contributed by atoms with E-state index in [0.717, 1.165) is 6.33 Å². The first-order chi connectivity index (χ1) is 15.4. The molecule has 4 N–H and O–H groups in total. The molecule has 0 atom stereocenters. The first-order valence-corrected chi connectivity index (χ1v) is 9.71. The van der Waals surface area contributed by atoms with Gasteiger partial charge in [-0.25, -0.2) is 9.97 Å². The highest BCUT2D eigenvalue weighted by molar-refractivity contribution is 9.10. The number of nitrogens with one attached hydrogen (secondary N) is 4. The maximum atomic E-state index is 12.4. The van der Waals surface area contributed by atoms with Gasteiger partial charge in [-0.3, -0.25) is 41.4 Å². The number of aromatic nitrogens is 2. The van der Waals surface area contributed by atoms with Gasteiger partial charge in [-0.2, -0.15) is 0 Å². The molecular weight excluding hydrogens is 486 g/mol. The van der Waals surface area contributed by atoms with Crippen LogP contribution in [0.1, 0.15) is 20.7 Å². The monoisotopic (exact) mass is 501 g/mol. The number of carbonyl (C=O) groups is 2. The summed E-state index contributed by atoms with van der Waals surface area (Å²) in [5.41, 5.74) is 9.40. The molecular formula is C19H16BrN7O5. The van der Waals surface area contributed by atoms with Gasteiger partial charge in [0.1, 0.15) is 12.1 Å². The fraction of sp³-hybridized carbons (Fsp3) is 0.0526. The number of anilines is 2. The third-order valence-corrected chi connectivity index (χ3v) is 4.76. The summed E-state index contributed by atoms with van der Waals surface area (Å²) in [6.45, 7) is 0. The summed E-state index contributed by atoms with van der Waals surface area (Å²) >= 11 is 3.25. The van der Waals surface area contributed by atoms with Crippen LogP contribution in [0.5, 0.6) is 5.75 Å². The second-order valence-corrected chi connectivity index (χ2v) is 6.87. The Morgan fingerprint density at radius 1 is 0.938 bits per heavy atom. The number of hydrogen-bond donors (Lipinski definition) is 4. The SMILES string of the molecule is COc1ccccc1C(=O)NNc1ncnc(NNC(=O)c2ccccc2Br)c1[N+](=O)[O-]. The number of nitrogens with zero attached hydrogens (tertiary/aromatic N) is 3. The van der Waals surface area contributed by atoms with Crippen molar-refractivity contribution in [1.82, 2.24) is 20.8 Å². The smallest absolute Gasteiger partial charge is 0.356 e. The van der Waals surface area contributed by atoms with Crippen molar-refractivity contribution in [2.45, 2.75) is 0 Å². The second-order valence-electron chi connectivity index (χ2n) is 6.01. The Labute approximate surface area is 189 Å². The van der Waals surface area contributed by atoms with E-state index in [1.807, 2.05) is 0 Å². The van der Waals surface area contributed by atoms with Crippen LogP contribution < -0.4 is 26.4 Å². The molecule has 0 bridgehead atoms. The summed E-state index contributed by atoms with van der Waals surface area (Å²) in [5.74, 6) is -1.43. The van der Waals surface area contributed by atoms with Gasteiger partial charge in [-0.1, -0.05) is 24.3 Å². The lowest BCUT2D eigenvalue weighted by atomic mass is 10.2.